The van der Waals surface area contributed by atoms with Gasteiger partial charge < -0.3 is 11.1 Å². The lowest BCUT2D eigenvalue weighted by Gasteiger charge is -2.05. The minimum atomic E-state index is -0.384. The van der Waals surface area contributed by atoms with Crippen LogP contribution in [0.5, 0.6) is 0 Å². The Morgan fingerprint density at radius 2 is 2.20 bits per heavy atom. The van der Waals surface area contributed by atoms with E-state index in [1.54, 1.807) is 6.07 Å². The Hall–Kier alpha value is -1.62. The summed E-state index contributed by atoms with van der Waals surface area (Å²) in [5, 5.41) is 13.8. The van der Waals surface area contributed by atoms with Crippen molar-refractivity contribution in [3.05, 3.63) is 33.9 Å². The number of benzene rings is 1. The van der Waals surface area contributed by atoms with Crippen molar-refractivity contribution < 1.29 is 4.92 Å². The third kappa shape index (κ3) is 2.24. The number of nitrogens with zero attached hydrogens (tertiary/aromatic N) is 1. The van der Waals surface area contributed by atoms with E-state index in [9.17, 15) is 10.1 Å². The van der Waals surface area contributed by atoms with Crippen LogP contribution in [0.2, 0.25) is 0 Å². The first kappa shape index (κ1) is 9.92. The smallest absolute Gasteiger partial charge is 0.271 e. The molecule has 2 rings (SSSR count). The van der Waals surface area contributed by atoms with Crippen LogP contribution in [0, 0.1) is 17.0 Å². The van der Waals surface area contributed by atoms with Crippen LogP contribution in [0.25, 0.3) is 0 Å². The van der Waals surface area contributed by atoms with Crippen LogP contribution in [0.4, 0.5) is 11.4 Å². The highest BCUT2D eigenvalue weighted by Crippen LogP contribution is 2.27. The number of nitro groups is 1. The van der Waals surface area contributed by atoms with Crippen molar-refractivity contribution in [2.75, 3.05) is 5.32 Å². The number of nitrogens with two attached hydrogens (primary N) is 1. The Labute approximate surface area is 87.4 Å². The molecule has 0 radical (unpaired) electrons. The van der Waals surface area contributed by atoms with E-state index < -0.39 is 0 Å². The Morgan fingerprint density at radius 3 is 2.73 bits per heavy atom. The maximum atomic E-state index is 10.6. The highest BCUT2D eigenvalue weighted by Gasteiger charge is 2.33. The maximum Gasteiger partial charge on any atom is 0.271 e. The summed E-state index contributed by atoms with van der Waals surface area (Å²) >= 11 is 0. The van der Waals surface area contributed by atoms with Crippen molar-refractivity contribution in [3.63, 3.8) is 0 Å². The highest BCUT2D eigenvalue weighted by molar-refractivity contribution is 5.55. The van der Waals surface area contributed by atoms with Gasteiger partial charge in [-0.15, -0.1) is 0 Å². The lowest BCUT2D eigenvalue weighted by atomic mass is 10.2. The zero-order chi connectivity index (χ0) is 11.0. The summed E-state index contributed by atoms with van der Waals surface area (Å²) in [7, 11) is 0. The second kappa shape index (κ2) is 3.51. The van der Waals surface area contributed by atoms with Crippen LogP contribution in [-0.2, 0) is 0 Å². The summed E-state index contributed by atoms with van der Waals surface area (Å²) < 4.78 is 0. The first-order valence-electron chi connectivity index (χ1n) is 4.84. The molecule has 0 spiro atoms. The fourth-order valence-corrected chi connectivity index (χ4v) is 1.55. The molecule has 1 aromatic rings. The van der Waals surface area contributed by atoms with Gasteiger partial charge in [-0.25, -0.2) is 0 Å². The fourth-order valence-electron chi connectivity index (χ4n) is 1.55. The summed E-state index contributed by atoms with van der Waals surface area (Å²) in [6, 6.07) is 5.43. The second-order valence-corrected chi connectivity index (χ2v) is 3.96. The lowest BCUT2D eigenvalue weighted by Crippen LogP contribution is -2.13. The molecular weight excluding hydrogens is 194 g/mol. The van der Waals surface area contributed by atoms with Gasteiger partial charge in [0.1, 0.15) is 0 Å². The predicted molar refractivity (Wildman–Crippen MR) is 57.8 cm³/mol. The average Bonchev–Trinajstić information content (AvgIpc) is 2.80. The number of hydrogen-bond acceptors (Lipinski definition) is 4. The van der Waals surface area contributed by atoms with E-state index in [-0.39, 0.29) is 22.7 Å². The van der Waals surface area contributed by atoms with Crippen LogP contribution < -0.4 is 11.1 Å². The molecule has 5 nitrogen and oxygen atoms in total. The molecular formula is C10H13N3O2. The van der Waals surface area contributed by atoms with Gasteiger partial charge in [0, 0.05) is 29.9 Å². The quantitative estimate of drug-likeness (QED) is 0.580. The molecule has 15 heavy (non-hydrogen) atoms. The summed E-state index contributed by atoms with van der Waals surface area (Å²) in [5.74, 6) is 0. The number of non-ortho nitro benzene ring substituents is 1. The molecule has 0 amide bonds. The molecule has 0 aliphatic heterocycles. The van der Waals surface area contributed by atoms with E-state index in [0.29, 0.717) is 0 Å². The number of nitrogens with one attached hydrogen (secondary N) is 1. The zero-order valence-corrected chi connectivity index (χ0v) is 8.43. The average molecular weight is 207 g/mol. The third-order valence-electron chi connectivity index (χ3n) is 2.46. The lowest BCUT2D eigenvalue weighted by molar-refractivity contribution is -0.384. The Morgan fingerprint density at radius 1 is 1.53 bits per heavy atom. The van der Waals surface area contributed by atoms with Crippen molar-refractivity contribution in [1.82, 2.24) is 0 Å². The SMILES string of the molecule is Cc1cc(NC2CC2N)cc([N+](=O)[O-])c1. The van der Waals surface area contributed by atoms with Gasteiger partial charge in [0.2, 0.25) is 0 Å². The summed E-state index contributed by atoms with van der Waals surface area (Å²) in [6.07, 6.45) is 0.932. The molecule has 1 fully saturated rings. The molecule has 3 N–H and O–H groups in total. The van der Waals surface area contributed by atoms with Gasteiger partial charge >= 0.3 is 0 Å². The van der Waals surface area contributed by atoms with Crippen LogP contribution in [-0.4, -0.2) is 17.0 Å². The topological polar surface area (TPSA) is 81.2 Å². The van der Waals surface area contributed by atoms with Gasteiger partial charge in [0.25, 0.3) is 5.69 Å². The first-order chi connectivity index (χ1) is 7.06. The molecule has 80 valence electrons. The Kier molecular flexibility index (Phi) is 2.32. The molecule has 0 aromatic heterocycles. The number of aryl methyl sites for hydroxylation is 1. The monoisotopic (exact) mass is 207 g/mol. The number of nitro benzene ring substituents is 1. The molecule has 1 aromatic carbocycles. The number of rotatable bonds is 3. The molecule has 0 bridgehead atoms. The van der Waals surface area contributed by atoms with E-state index in [4.69, 9.17) is 5.73 Å². The molecule has 1 aliphatic rings. The standard InChI is InChI=1S/C10H13N3O2/c1-6-2-7(12-10-5-9(10)11)4-8(3-6)13(14)15/h2-4,9-10,12H,5,11H2,1H3. The van der Waals surface area contributed by atoms with Gasteiger partial charge in [0.05, 0.1) is 4.92 Å². The first-order valence-corrected chi connectivity index (χ1v) is 4.84. The molecule has 2 atom stereocenters. The van der Waals surface area contributed by atoms with Gasteiger partial charge in [-0.3, -0.25) is 10.1 Å². The van der Waals surface area contributed by atoms with Gasteiger partial charge in [-0.1, -0.05) is 0 Å². The molecule has 2 unspecified atom stereocenters. The van der Waals surface area contributed by atoms with Crippen molar-refractivity contribution in [1.29, 1.82) is 0 Å². The maximum absolute atomic E-state index is 10.6. The van der Waals surface area contributed by atoms with Crippen LogP contribution >= 0.6 is 0 Å². The van der Waals surface area contributed by atoms with E-state index in [0.717, 1.165) is 17.7 Å². The largest absolute Gasteiger partial charge is 0.380 e. The van der Waals surface area contributed by atoms with Gasteiger partial charge in [0.15, 0.2) is 0 Å². The Balaban J connectivity index is 2.19. The van der Waals surface area contributed by atoms with Crippen molar-refractivity contribution in [2.45, 2.75) is 25.4 Å². The van der Waals surface area contributed by atoms with Gasteiger partial charge in [-0.05, 0) is 25.0 Å². The number of anilines is 1. The second-order valence-electron chi connectivity index (χ2n) is 3.96. The van der Waals surface area contributed by atoms with Crippen molar-refractivity contribution >= 4 is 11.4 Å². The van der Waals surface area contributed by atoms with Crippen molar-refractivity contribution in [2.24, 2.45) is 5.73 Å². The molecule has 1 saturated carbocycles. The molecule has 0 heterocycles. The van der Waals surface area contributed by atoms with E-state index >= 15 is 0 Å². The zero-order valence-electron chi connectivity index (χ0n) is 8.43. The molecule has 5 heteroatoms. The van der Waals surface area contributed by atoms with Crippen molar-refractivity contribution in [3.8, 4) is 0 Å². The van der Waals surface area contributed by atoms with Crippen LogP contribution in [0.15, 0.2) is 18.2 Å². The van der Waals surface area contributed by atoms with E-state index in [1.807, 2.05) is 13.0 Å². The summed E-state index contributed by atoms with van der Waals surface area (Å²) in [5.41, 5.74) is 7.42. The minimum Gasteiger partial charge on any atom is -0.380 e. The van der Waals surface area contributed by atoms with Gasteiger partial charge in [-0.2, -0.15) is 0 Å². The Bertz CT molecular complexity index is 406. The van der Waals surface area contributed by atoms with Crippen LogP contribution in [0.1, 0.15) is 12.0 Å². The highest BCUT2D eigenvalue weighted by atomic mass is 16.6. The normalized spacial score (nSPS) is 23.6. The van der Waals surface area contributed by atoms with Crippen LogP contribution in [0.3, 0.4) is 0 Å². The molecule has 0 saturated heterocycles. The molecule has 1 aliphatic carbocycles. The third-order valence-corrected chi connectivity index (χ3v) is 2.46. The van der Waals surface area contributed by atoms with E-state index in [2.05, 4.69) is 5.32 Å². The summed E-state index contributed by atoms with van der Waals surface area (Å²) in [6.45, 7) is 1.84. The van der Waals surface area contributed by atoms with E-state index in [1.165, 1.54) is 6.07 Å². The predicted octanol–water partition coefficient (Wildman–Crippen LogP) is 1.41. The fraction of sp³-hybridized carbons (Fsp3) is 0.400. The number of hydrogen-bond donors (Lipinski definition) is 2. The summed E-state index contributed by atoms with van der Waals surface area (Å²) in [4.78, 5) is 10.2. The minimum absolute atomic E-state index is 0.117.